The second kappa shape index (κ2) is 6.24. The third kappa shape index (κ3) is 3.18. The molecule has 1 fully saturated rings. The van der Waals surface area contributed by atoms with Crippen LogP contribution in [-0.4, -0.2) is 23.3 Å². The van der Waals surface area contributed by atoms with Gasteiger partial charge >= 0.3 is 0 Å². The smallest absolute Gasteiger partial charge is 0.0665 e. The number of aromatic nitrogens is 2. The quantitative estimate of drug-likeness (QED) is 0.762. The Balaban J connectivity index is 0.000000720. The Morgan fingerprint density at radius 3 is 2.77 bits per heavy atom. The molecule has 1 unspecified atom stereocenters. The zero-order valence-electron chi connectivity index (χ0n) is 7.32. The van der Waals surface area contributed by atoms with E-state index in [1.807, 2.05) is 6.20 Å². The monoisotopic (exact) mass is 223 g/mol. The lowest BCUT2D eigenvalue weighted by Gasteiger charge is -2.20. The Hall–Kier alpha value is -0.250. The van der Waals surface area contributed by atoms with Crippen LogP contribution in [0, 0.1) is 0 Å². The Bertz CT molecular complexity index is 207. The van der Waals surface area contributed by atoms with E-state index >= 15 is 0 Å². The van der Waals surface area contributed by atoms with E-state index in [9.17, 15) is 0 Å². The largest absolute Gasteiger partial charge is 0.316 e. The number of hydrogen-bond acceptors (Lipinski definition) is 2. The highest BCUT2D eigenvalue weighted by molar-refractivity contribution is 5.85. The van der Waals surface area contributed by atoms with E-state index in [2.05, 4.69) is 21.6 Å². The Morgan fingerprint density at radius 1 is 1.38 bits per heavy atom. The standard InChI is InChI=1S/C8H13N3.2ClH/c1-2-7(6-9-4-1)8-3-5-10-11-8;;/h3,5,7,9H,1-2,4,6H2,(H,10,11);2*1H. The van der Waals surface area contributed by atoms with Crippen LogP contribution >= 0.6 is 24.8 Å². The molecule has 0 aliphatic carbocycles. The predicted octanol–water partition coefficient (Wildman–Crippen LogP) is 1.72. The third-order valence-corrected chi connectivity index (χ3v) is 2.24. The lowest BCUT2D eigenvalue weighted by Crippen LogP contribution is -2.28. The Kier molecular flexibility index (Phi) is 6.12. The molecule has 1 aliphatic heterocycles. The second-order valence-corrected chi connectivity index (χ2v) is 3.04. The van der Waals surface area contributed by atoms with E-state index in [1.165, 1.54) is 25.1 Å². The highest BCUT2D eigenvalue weighted by Gasteiger charge is 2.15. The zero-order valence-corrected chi connectivity index (χ0v) is 8.96. The van der Waals surface area contributed by atoms with Gasteiger partial charge in [-0.3, -0.25) is 5.10 Å². The number of nitrogens with one attached hydrogen (secondary N) is 2. The van der Waals surface area contributed by atoms with Crippen molar-refractivity contribution >= 4 is 24.8 Å². The summed E-state index contributed by atoms with van der Waals surface area (Å²) in [6, 6.07) is 2.07. The maximum Gasteiger partial charge on any atom is 0.0665 e. The minimum Gasteiger partial charge on any atom is -0.316 e. The van der Waals surface area contributed by atoms with E-state index in [1.54, 1.807) is 0 Å². The van der Waals surface area contributed by atoms with Gasteiger partial charge in [0.05, 0.1) is 5.69 Å². The number of halogens is 2. The first-order valence-electron chi connectivity index (χ1n) is 4.17. The van der Waals surface area contributed by atoms with Crippen molar-refractivity contribution in [3.05, 3.63) is 18.0 Å². The fourth-order valence-electron chi connectivity index (χ4n) is 1.60. The normalized spacial score (nSPS) is 21.4. The molecule has 13 heavy (non-hydrogen) atoms. The van der Waals surface area contributed by atoms with Crippen molar-refractivity contribution in [1.82, 2.24) is 15.5 Å². The minimum absolute atomic E-state index is 0. The maximum atomic E-state index is 4.17. The van der Waals surface area contributed by atoms with Gasteiger partial charge in [0.25, 0.3) is 0 Å². The molecule has 0 amide bonds. The fraction of sp³-hybridized carbons (Fsp3) is 0.625. The Labute approximate surface area is 90.5 Å². The average Bonchev–Trinajstić information content (AvgIpc) is 2.58. The summed E-state index contributed by atoms with van der Waals surface area (Å²) in [6.45, 7) is 2.26. The molecule has 1 aromatic heterocycles. The van der Waals surface area contributed by atoms with Gasteiger partial charge in [0.2, 0.25) is 0 Å². The number of piperidine rings is 1. The first kappa shape index (κ1) is 12.8. The highest BCUT2D eigenvalue weighted by Crippen LogP contribution is 2.20. The molecule has 1 aliphatic rings. The molecule has 0 saturated carbocycles. The summed E-state index contributed by atoms with van der Waals surface area (Å²) in [5.41, 5.74) is 1.21. The summed E-state index contributed by atoms with van der Waals surface area (Å²) in [5, 5.41) is 10.4. The van der Waals surface area contributed by atoms with Gasteiger partial charge < -0.3 is 5.32 Å². The third-order valence-electron chi connectivity index (χ3n) is 2.24. The van der Waals surface area contributed by atoms with Gasteiger partial charge in [-0.05, 0) is 25.5 Å². The van der Waals surface area contributed by atoms with Gasteiger partial charge in [0, 0.05) is 18.7 Å². The number of rotatable bonds is 1. The molecule has 76 valence electrons. The van der Waals surface area contributed by atoms with E-state index in [0.29, 0.717) is 5.92 Å². The van der Waals surface area contributed by atoms with Crippen LogP contribution in [0.5, 0.6) is 0 Å². The topological polar surface area (TPSA) is 40.7 Å². The van der Waals surface area contributed by atoms with Crippen LogP contribution in [0.25, 0.3) is 0 Å². The summed E-state index contributed by atoms with van der Waals surface area (Å²) >= 11 is 0. The molecule has 2 heterocycles. The molecule has 0 bridgehead atoms. The van der Waals surface area contributed by atoms with Gasteiger partial charge in [0.15, 0.2) is 0 Å². The number of hydrogen-bond donors (Lipinski definition) is 2. The molecule has 1 atom stereocenters. The predicted molar refractivity (Wildman–Crippen MR) is 57.9 cm³/mol. The SMILES string of the molecule is Cl.Cl.c1cc(C2CCCNC2)n[nH]1. The summed E-state index contributed by atoms with van der Waals surface area (Å²) < 4.78 is 0. The summed E-state index contributed by atoms with van der Waals surface area (Å²) in [7, 11) is 0. The van der Waals surface area contributed by atoms with Gasteiger partial charge in [-0.15, -0.1) is 24.8 Å². The lowest BCUT2D eigenvalue weighted by molar-refractivity contribution is 0.454. The van der Waals surface area contributed by atoms with E-state index in [-0.39, 0.29) is 24.8 Å². The molecular formula is C8H15Cl2N3. The minimum atomic E-state index is 0. The molecule has 0 aromatic carbocycles. The van der Waals surface area contributed by atoms with Crippen LogP contribution in [0.2, 0.25) is 0 Å². The number of nitrogens with zero attached hydrogens (tertiary/aromatic N) is 1. The number of H-pyrrole nitrogens is 1. The van der Waals surface area contributed by atoms with Crippen LogP contribution < -0.4 is 5.32 Å². The molecular weight excluding hydrogens is 209 g/mol. The van der Waals surface area contributed by atoms with Crippen molar-refractivity contribution in [2.75, 3.05) is 13.1 Å². The molecule has 3 nitrogen and oxygen atoms in total. The summed E-state index contributed by atoms with van der Waals surface area (Å²) in [5.74, 6) is 0.634. The van der Waals surface area contributed by atoms with Crippen molar-refractivity contribution in [2.24, 2.45) is 0 Å². The number of aromatic amines is 1. The van der Waals surface area contributed by atoms with Crippen LogP contribution in [0.3, 0.4) is 0 Å². The fourth-order valence-corrected chi connectivity index (χ4v) is 1.60. The van der Waals surface area contributed by atoms with Gasteiger partial charge in [-0.25, -0.2) is 0 Å². The summed E-state index contributed by atoms with van der Waals surface area (Å²) in [6.07, 6.45) is 4.44. The van der Waals surface area contributed by atoms with E-state index in [4.69, 9.17) is 0 Å². The van der Waals surface area contributed by atoms with Crippen molar-refractivity contribution in [1.29, 1.82) is 0 Å². The second-order valence-electron chi connectivity index (χ2n) is 3.04. The van der Waals surface area contributed by atoms with Crippen molar-refractivity contribution in [3.8, 4) is 0 Å². The zero-order chi connectivity index (χ0) is 7.52. The molecule has 0 spiro atoms. The van der Waals surface area contributed by atoms with Crippen molar-refractivity contribution in [2.45, 2.75) is 18.8 Å². The first-order chi connectivity index (χ1) is 5.47. The van der Waals surface area contributed by atoms with Gasteiger partial charge in [0.1, 0.15) is 0 Å². The molecule has 1 saturated heterocycles. The molecule has 2 rings (SSSR count). The average molecular weight is 224 g/mol. The molecule has 0 radical (unpaired) electrons. The van der Waals surface area contributed by atoms with Gasteiger partial charge in [-0.2, -0.15) is 5.10 Å². The molecule has 2 N–H and O–H groups in total. The Morgan fingerprint density at radius 2 is 2.23 bits per heavy atom. The van der Waals surface area contributed by atoms with Crippen LogP contribution in [0.4, 0.5) is 0 Å². The molecule has 1 aromatic rings. The van der Waals surface area contributed by atoms with E-state index < -0.39 is 0 Å². The van der Waals surface area contributed by atoms with Gasteiger partial charge in [-0.1, -0.05) is 0 Å². The van der Waals surface area contributed by atoms with Crippen molar-refractivity contribution < 1.29 is 0 Å². The van der Waals surface area contributed by atoms with Crippen LogP contribution in [-0.2, 0) is 0 Å². The van der Waals surface area contributed by atoms with Crippen molar-refractivity contribution in [3.63, 3.8) is 0 Å². The maximum absolute atomic E-state index is 4.17. The summed E-state index contributed by atoms with van der Waals surface area (Å²) in [4.78, 5) is 0. The lowest BCUT2D eigenvalue weighted by atomic mass is 9.97. The highest BCUT2D eigenvalue weighted by atomic mass is 35.5. The molecule has 5 heteroatoms. The van der Waals surface area contributed by atoms with E-state index in [0.717, 1.165) is 6.54 Å². The first-order valence-corrected chi connectivity index (χ1v) is 4.17. The van der Waals surface area contributed by atoms with Crippen LogP contribution in [0.1, 0.15) is 24.5 Å². The van der Waals surface area contributed by atoms with Crippen LogP contribution in [0.15, 0.2) is 12.3 Å².